The zero-order chi connectivity index (χ0) is 21.2. The van der Waals surface area contributed by atoms with Crippen molar-refractivity contribution in [3.05, 3.63) is 48.5 Å². The van der Waals surface area contributed by atoms with Gasteiger partial charge in [-0.25, -0.2) is 4.39 Å². The molecular formula is C22H26FN3O4. The highest BCUT2D eigenvalue weighted by atomic mass is 19.1. The molecule has 0 fully saturated rings. The summed E-state index contributed by atoms with van der Waals surface area (Å²) in [6, 6.07) is 15.3. The first-order valence-electron chi connectivity index (χ1n) is 9.73. The van der Waals surface area contributed by atoms with Crippen LogP contribution in [0.1, 0.15) is 0 Å². The first kappa shape index (κ1) is 21.7. The zero-order valence-electron chi connectivity index (χ0n) is 17.2. The van der Waals surface area contributed by atoms with Crippen molar-refractivity contribution in [2.24, 2.45) is 0 Å². The second-order valence-electron chi connectivity index (χ2n) is 6.64. The number of hydrogen-bond donors (Lipinski definition) is 0. The van der Waals surface area contributed by atoms with Crippen LogP contribution in [-0.2, 0) is 9.47 Å². The molecule has 0 unspecified atom stereocenters. The Hall–Kier alpha value is -2.97. The van der Waals surface area contributed by atoms with Gasteiger partial charge in [0.15, 0.2) is 0 Å². The molecule has 0 aliphatic carbocycles. The highest BCUT2D eigenvalue weighted by molar-refractivity contribution is 5.61. The van der Waals surface area contributed by atoms with E-state index in [0.717, 1.165) is 22.6 Å². The van der Waals surface area contributed by atoms with Crippen LogP contribution < -0.4 is 9.64 Å². The van der Waals surface area contributed by atoms with E-state index in [1.165, 1.54) is 0 Å². The summed E-state index contributed by atoms with van der Waals surface area (Å²) >= 11 is 0. The van der Waals surface area contributed by atoms with E-state index >= 15 is 0 Å². The maximum Gasteiger partial charge on any atom is 0.248 e. The van der Waals surface area contributed by atoms with Crippen LogP contribution >= 0.6 is 0 Å². The molecule has 0 amide bonds. The number of halogens is 1. The molecule has 3 rings (SSSR count). The molecule has 8 heteroatoms. The summed E-state index contributed by atoms with van der Waals surface area (Å²) in [4.78, 5) is 2.03. The molecular weight excluding hydrogens is 389 g/mol. The Labute approximate surface area is 175 Å². The Kier molecular flexibility index (Phi) is 8.17. The van der Waals surface area contributed by atoms with Gasteiger partial charge < -0.3 is 23.5 Å². The normalized spacial score (nSPS) is 10.9. The molecule has 0 spiro atoms. The molecule has 160 valence electrons. The predicted molar refractivity (Wildman–Crippen MR) is 113 cm³/mol. The third kappa shape index (κ3) is 6.27. The summed E-state index contributed by atoms with van der Waals surface area (Å²) in [6.45, 7) is 1.27. The van der Waals surface area contributed by atoms with Gasteiger partial charge in [0.1, 0.15) is 19.0 Å². The predicted octanol–water partition coefficient (Wildman–Crippen LogP) is 3.85. The van der Waals surface area contributed by atoms with E-state index in [9.17, 15) is 4.39 Å². The van der Waals surface area contributed by atoms with Gasteiger partial charge in [-0.05, 0) is 48.5 Å². The summed E-state index contributed by atoms with van der Waals surface area (Å²) in [5.74, 6) is 1.64. The van der Waals surface area contributed by atoms with Crippen LogP contribution in [-0.4, -0.2) is 64.0 Å². The third-order valence-corrected chi connectivity index (χ3v) is 4.25. The molecule has 0 atom stereocenters. The van der Waals surface area contributed by atoms with Gasteiger partial charge >= 0.3 is 0 Å². The molecule has 0 bridgehead atoms. The number of alkyl halides is 1. The van der Waals surface area contributed by atoms with E-state index in [-0.39, 0.29) is 6.61 Å². The van der Waals surface area contributed by atoms with Crippen LogP contribution in [0.25, 0.3) is 22.9 Å². The van der Waals surface area contributed by atoms with Gasteiger partial charge in [0.25, 0.3) is 0 Å². The van der Waals surface area contributed by atoms with Crippen LogP contribution in [0.2, 0.25) is 0 Å². The second-order valence-corrected chi connectivity index (χ2v) is 6.64. The number of rotatable bonds is 12. The molecule has 1 heterocycles. The Bertz CT molecular complexity index is 882. The highest BCUT2D eigenvalue weighted by Crippen LogP contribution is 2.26. The van der Waals surface area contributed by atoms with Crippen LogP contribution in [0.3, 0.4) is 0 Å². The Morgan fingerprint density at radius 1 is 0.767 bits per heavy atom. The lowest BCUT2D eigenvalue weighted by Gasteiger charge is -2.11. The monoisotopic (exact) mass is 415 g/mol. The molecule has 0 N–H and O–H groups in total. The topological polar surface area (TPSA) is 69.9 Å². The lowest BCUT2D eigenvalue weighted by Crippen LogP contribution is -2.11. The summed E-state index contributed by atoms with van der Waals surface area (Å²) in [5, 5.41) is 8.29. The van der Waals surface area contributed by atoms with E-state index in [4.69, 9.17) is 18.6 Å². The number of aromatic nitrogens is 2. The fraction of sp³-hybridized carbons (Fsp3) is 0.364. The van der Waals surface area contributed by atoms with Gasteiger partial charge in [0, 0.05) is 30.9 Å². The fourth-order valence-electron chi connectivity index (χ4n) is 2.65. The van der Waals surface area contributed by atoms with E-state index in [1.807, 2.05) is 67.5 Å². The van der Waals surface area contributed by atoms with E-state index in [0.29, 0.717) is 38.2 Å². The molecule has 1 aromatic heterocycles. The smallest absolute Gasteiger partial charge is 0.248 e. The van der Waals surface area contributed by atoms with Crippen LogP contribution in [0.5, 0.6) is 5.75 Å². The van der Waals surface area contributed by atoms with E-state index < -0.39 is 6.67 Å². The first-order valence-corrected chi connectivity index (χ1v) is 9.73. The minimum atomic E-state index is -0.478. The summed E-state index contributed by atoms with van der Waals surface area (Å²) in [7, 11) is 3.98. The van der Waals surface area contributed by atoms with Crippen molar-refractivity contribution >= 4 is 5.69 Å². The van der Waals surface area contributed by atoms with E-state index in [1.54, 1.807) is 0 Å². The number of benzene rings is 2. The molecule has 2 aromatic carbocycles. The van der Waals surface area contributed by atoms with Gasteiger partial charge in [0.05, 0.1) is 26.4 Å². The van der Waals surface area contributed by atoms with Gasteiger partial charge in [0.2, 0.25) is 11.8 Å². The summed E-state index contributed by atoms with van der Waals surface area (Å²) in [5.41, 5.74) is 2.78. The molecule has 0 aliphatic heterocycles. The standard InChI is InChI=1S/C22H26FN3O4/c1-26(2)19-7-3-17(4-8-19)21-24-25-22(30-21)18-5-9-20(10-6-18)29-16-15-28-14-13-27-12-11-23/h3-10H,11-16H2,1-2H3. The summed E-state index contributed by atoms with van der Waals surface area (Å²) < 4.78 is 33.7. The minimum Gasteiger partial charge on any atom is -0.491 e. The van der Waals surface area contributed by atoms with Crippen molar-refractivity contribution in [1.29, 1.82) is 0 Å². The maximum absolute atomic E-state index is 11.9. The number of anilines is 1. The Morgan fingerprint density at radius 2 is 1.30 bits per heavy atom. The van der Waals surface area contributed by atoms with Crippen LogP contribution in [0, 0.1) is 0 Å². The van der Waals surface area contributed by atoms with E-state index in [2.05, 4.69) is 10.2 Å². The molecule has 30 heavy (non-hydrogen) atoms. The number of hydrogen-bond acceptors (Lipinski definition) is 7. The van der Waals surface area contributed by atoms with Crippen molar-refractivity contribution in [2.45, 2.75) is 0 Å². The van der Waals surface area contributed by atoms with Crippen molar-refractivity contribution in [3.63, 3.8) is 0 Å². The fourth-order valence-corrected chi connectivity index (χ4v) is 2.65. The largest absolute Gasteiger partial charge is 0.491 e. The molecule has 0 radical (unpaired) electrons. The van der Waals surface area contributed by atoms with Crippen molar-refractivity contribution in [1.82, 2.24) is 10.2 Å². The number of ether oxygens (including phenoxy) is 3. The van der Waals surface area contributed by atoms with Crippen molar-refractivity contribution < 1.29 is 23.0 Å². The molecule has 3 aromatic rings. The third-order valence-electron chi connectivity index (χ3n) is 4.25. The van der Waals surface area contributed by atoms with Gasteiger partial charge in [-0.1, -0.05) is 0 Å². The van der Waals surface area contributed by atoms with Crippen molar-refractivity contribution in [2.75, 3.05) is 58.7 Å². The number of nitrogens with zero attached hydrogens (tertiary/aromatic N) is 3. The first-order chi connectivity index (χ1) is 14.7. The SMILES string of the molecule is CN(C)c1ccc(-c2nnc(-c3ccc(OCCOCCOCCF)cc3)o2)cc1. The Balaban J connectivity index is 1.48. The highest BCUT2D eigenvalue weighted by Gasteiger charge is 2.11. The average Bonchev–Trinajstić information content (AvgIpc) is 3.26. The average molecular weight is 415 g/mol. The molecule has 0 aliphatic rings. The second kappa shape index (κ2) is 11.3. The minimum absolute atomic E-state index is 0.108. The lowest BCUT2D eigenvalue weighted by atomic mass is 10.2. The molecule has 7 nitrogen and oxygen atoms in total. The Morgan fingerprint density at radius 3 is 1.87 bits per heavy atom. The van der Waals surface area contributed by atoms with Crippen LogP contribution in [0.4, 0.5) is 10.1 Å². The molecule has 0 saturated heterocycles. The lowest BCUT2D eigenvalue weighted by molar-refractivity contribution is 0.0325. The van der Waals surface area contributed by atoms with Gasteiger partial charge in [-0.2, -0.15) is 0 Å². The van der Waals surface area contributed by atoms with Crippen LogP contribution in [0.15, 0.2) is 52.9 Å². The van der Waals surface area contributed by atoms with Gasteiger partial charge in [-0.3, -0.25) is 0 Å². The summed E-state index contributed by atoms with van der Waals surface area (Å²) in [6.07, 6.45) is 0. The molecule has 0 saturated carbocycles. The van der Waals surface area contributed by atoms with Gasteiger partial charge in [-0.15, -0.1) is 10.2 Å². The maximum atomic E-state index is 11.9. The quantitative estimate of drug-likeness (QED) is 0.416. The van der Waals surface area contributed by atoms with Crippen molar-refractivity contribution in [3.8, 4) is 28.7 Å². The zero-order valence-corrected chi connectivity index (χ0v) is 17.2.